The fourth-order valence-corrected chi connectivity index (χ4v) is 2.60. The monoisotopic (exact) mass is 320 g/mol. The molecule has 1 aliphatic rings. The number of ether oxygens (including phenoxy) is 2. The van der Waals surface area contributed by atoms with E-state index in [1.165, 1.54) is 5.56 Å². The molecule has 1 aliphatic heterocycles. The van der Waals surface area contributed by atoms with Gasteiger partial charge in [-0.05, 0) is 25.8 Å². The van der Waals surface area contributed by atoms with Crippen LogP contribution in [0.25, 0.3) is 0 Å². The Kier molecular flexibility index (Phi) is 7.52. The largest absolute Gasteiger partial charge is 0.355 e. The highest BCUT2D eigenvalue weighted by atomic mass is 16.7. The first-order valence-electron chi connectivity index (χ1n) is 8.53. The van der Waals surface area contributed by atoms with Crippen LogP contribution in [0.1, 0.15) is 32.3 Å². The third-order valence-corrected chi connectivity index (χ3v) is 3.87. The van der Waals surface area contributed by atoms with Gasteiger partial charge < -0.3 is 14.8 Å². The summed E-state index contributed by atoms with van der Waals surface area (Å²) in [6, 6.07) is 10.3. The van der Waals surface area contributed by atoms with E-state index >= 15 is 0 Å². The van der Waals surface area contributed by atoms with Gasteiger partial charge in [-0.3, -0.25) is 9.69 Å². The van der Waals surface area contributed by atoms with Crippen molar-refractivity contribution in [3.8, 4) is 0 Å². The van der Waals surface area contributed by atoms with Gasteiger partial charge in [0.1, 0.15) is 6.04 Å². The van der Waals surface area contributed by atoms with Gasteiger partial charge in [-0.15, -0.1) is 0 Å². The lowest BCUT2D eigenvalue weighted by molar-refractivity contribution is -0.140. The smallest absolute Gasteiger partial charge is 0.238 e. The SMILES string of the molecule is CCOC(CCCNC(=O)C1CN1Cc1ccccc1)OCC. The summed E-state index contributed by atoms with van der Waals surface area (Å²) in [4.78, 5) is 14.3. The number of hydrogen-bond donors (Lipinski definition) is 1. The van der Waals surface area contributed by atoms with E-state index in [-0.39, 0.29) is 18.2 Å². The Morgan fingerprint density at radius 2 is 1.96 bits per heavy atom. The van der Waals surface area contributed by atoms with Crippen molar-refractivity contribution in [1.29, 1.82) is 0 Å². The predicted octanol–water partition coefficient (Wildman–Crippen LogP) is 2.17. The fourth-order valence-electron chi connectivity index (χ4n) is 2.60. The van der Waals surface area contributed by atoms with Crippen molar-refractivity contribution in [1.82, 2.24) is 10.2 Å². The maximum atomic E-state index is 12.1. The standard InChI is InChI=1S/C18H28N2O3/c1-3-22-17(23-4-2)11-8-12-19-18(21)16-14-20(16)13-15-9-6-5-7-10-15/h5-7,9-10,16-17H,3-4,8,11-14H2,1-2H3,(H,19,21). The van der Waals surface area contributed by atoms with Crippen LogP contribution < -0.4 is 5.32 Å². The number of carbonyl (C=O) groups is 1. The van der Waals surface area contributed by atoms with Crippen LogP contribution in [-0.2, 0) is 20.8 Å². The average molecular weight is 320 g/mol. The number of benzene rings is 1. The number of rotatable bonds is 11. The third kappa shape index (κ3) is 6.29. The molecular weight excluding hydrogens is 292 g/mol. The van der Waals surface area contributed by atoms with Crippen molar-refractivity contribution in [2.24, 2.45) is 0 Å². The fraction of sp³-hybridized carbons (Fsp3) is 0.611. The summed E-state index contributed by atoms with van der Waals surface area (Å²) in [6.07, 6.45) is 1.51. The van der Waals surface area contributed by atoms with Gasteiger partial charge in [0.25, 0.3) is 0 Å². The normalized spacial score (nSPS) is 19.8. The van der Waals surface area contributed by atoms with Gasteiger partial charge in [-0.25, -0.2) is 0 Å². The Labute approximate surface area is 139 Å². The molecule has 1 saturated heterocycles. The molecule has 0 aliphatic carbocycles. The molecule has 0 radical (unpaired) electrons. The Balaban J connectivity index is 1.59. The zero-order valence-corrected chi connectivity index (χ0v) is 14.2. The number of nitrogens with one attached hydrogen (secondary N) is 1. The molecule has 0 saturated carbocycles. The summed E-state index contributed by atoms with van der Waals surface area (Å²) in [5.41, 5.74) is 1.25. The van der Waals surface area contributed by atoms with Crippen LogP contribution in [0.4, 0.5) is 0 Å². The summed E-state index contributed by atoms with van der Waals surface area (Å²) >= 11 is 0. The Morgan fingerprint density at radius 3 is 2.61 bits per heavy atom. The lowest BCUT2D eigenvalue weighted by atomic mass is 10.2. The van der Waals surface area contributed by atoms with E-state index in [0.29, 0.717) is 19.8 Å². The molecule has 2 rings (SSSR count). The molecule has 0 spiro atoms. The number of amides is 1. The first-order valence-corrected chi connectivity index (χ1v) is 8.53. The minimum Gasteiger partial charge on any atom is -0.355 e. The second-order valence-corrected chi connectivity index (χ2v) is 5.70. The van der Waals surface area contributed by atoms with E-state index in [1.807, 2.05) is 32.0 Å². The van der Waals surface area contributed by atoms with Gasteiger partial charge in [0.2, 0.25) is 5.91 Å². The summed E-state index contributed by atoms with van der Waals surface area (Å²) in [5, 5.41) is 3.01. The molecular formula is C18H28N2O3. The minimum absolute atomic E-state index is 0.0322. The van der Waals surface area contributed by atoms with Crippen molar-refractivity contribution >= 4 is 5.91 Å². The topological polar surface area (TPSA) is 50.6 Å². The third-order valence-electron chi connectivity index (χ3n) is 3.87. The van der Waals surface area contributed by atoms with Crippen LogP contribution in [0, 0.1) is 0 Å². The molecule has 5 nitrogen and oxygen atoms in total. The van der Waals surface area contributed by atoms with Crippen molar-refractivity contribution in [2.75, 3.05) is 26.3 Å². The van der Waals surface area contributed by atoms with Gasteiger partial charge in [0.15, 0.2) is 6.29 Å². The molecule has 1 amide bonds. The molecule has 0 bridgehead atoms. The van der Waals surface area contributed by atoms with Crippen molar-refractivity contribution in [3.63, 3.8) is 0 Å². The quantitative estimate of drug-likeness (QED) is 0.386. The molecule has 5 heteroatoms. The van der Waals surface area contributed by atoms with E-state index in [2.05, 4.69) is 22.3 Å². The highest BCUT2D eigenvalue weighted by Gasteiger charge is 2.39. The molecule has 23 heavy (non-hydrogen) atoms. The Morgan fingerprint density at radius 1 is 1.26 bits per heavy atom. The zero-order chi connectivity index (χ0) is 16.5. The van der Waals surface area contributed by atoms with Crippen molar-refractivity contribution in [3.05, 3.63) is 35.9 Å². The summed E-state index contributed by atoms with van der Waals surface area (Å²) in [5.74, 6) is 0.130. The van der Waals surface area contributed by atoms with Crippen molar-refractivity contribution < 1.29 is 14.3 Å². The van der Waals surface area contributed by atoms with Crippen LogP contribution in [-0.4, -0.2) is 49.4 Å². The highest BCUT2D eigenvalue weighted by Crippen LogP contribution is 2.21. The molecule has 2 atom stereocenters. The van der Waals surface area contributed by atoms with Crippen LogP contribution in [0.3, 0.4) is 0 Å². The van der Waals surface area contributed by atoms with E-state index < -0.39 is 0 Å². The minimum atomic E-state index is -0.155. The molecule has 1 heterocycles. The number of carbonyl (C=O) groups excluding carboxylic acids is 1. The maximum absolute atomic E-state index is 12.1. The lowest BCUT2D eigenvalue weighted by Crippen LogP contribution is -2.31. The first kappa shape index (κ1) is 17.9. The highest BCUT2D eigenvalue weighted by molar-refractivity contribution is 5.84. The van der Waals surface area contributed by atoms with Crippen LogP contribution in [0.2, 0.25) is 0 Å². The molecule has 0 aromatic heterocycles. The number of nitrogens with zero attached hydrogens (tertiary/aromatic N) is 1. The molecule has 1 N–H and O–H groups in total. The van der Waals surface area contributed by atoms with Gasteiger partial charge in [-0.2, -0.15) is 0 Å². The Hall–Kier alpha value is -1.43. The van der Waals surface area contributed by atoms with E-state index in [9.17, 15) is 4.79 Å². The predicted molar refractivity (Wildman–Crippen MR) is 89.9 cm³/mol. The van der Waals surface area contributed by atoms with Gasteiger partial charge in [0.05, 0.1) is 0 Å². The Bertz CT molecular complexity index is 461. The second-order valence-electron chi connectivity index (χ2n) is 5.70. The summed E-state index contributed by atoms with van der Waals surface area (Å²) in [7, 11) is 0. The van der Waals surface area contributed by atoms with Gasteiger partial charge in [0, 0.05) is 39.3 Å². The molecule has 1 fully saturated rings. The first-order chi connectivity index (χ1) is 11.2. The number of hydrogen-bond acceptors (Lipinski definition) is 4. The van der Waals surface area contributed by atoms with E-state index in [0.717, 1.165) is 25.9 Å². The molecule has 1 aromatic carbocycles. The van der Waals surface area contributed by atoms with Crippen LogP contribution >= 0.6 is 0 Å². The van der Waals surface area contributed by atoms with Gasteiger partial charge >= 0.3 is 0 Å². The lowest BCUT2D eigenvalue weighted by Gasteiger charge is -2.16. The summed E-state index contributed by atoms with van der Waals surface area (Å²) in [6.45, 7) is 7.58. The maximum Gasteiger partial charge on any atom is 0.238 e. The van der Waals surface area contributed by atoms with Crippen LogP contribution in [0.5, 0.6) is 0 Å². The van der Waals surface area contributed by atoms with Crippen LogP contribution in [0.15, 0.2) is 30.3 Å². The molecule has 2 unspecified atom stereocenters. The van der Waals surface area contributed by atoms with E-state index in [4.69, 9.17) is 9.47 Å². The zero-order valence-electron chi connectivity index (χ0n) is 14.2. The molecule has 1 aromatic rings. The average Bonchev–Trinajstić information content (AvgIpc) is 3.32. The summed E-state index contributed by atoms with van der Waals surface area (Å²) < 4.78 is 11.0. The van der Waals surface area contributed by atoms with Gasteiger partial charge in [-0.1, -0.05) is 30.3 Å². The second kappa shape index (κ2) is 9.65. The van der Waals surface area contributed by atoms with E-state index in [1.54, 1.807) is 0 Å². The molecule has 128 valence electrons. The van der Waals surface area contributed by atoms with Crippen molar-refractivity contribution in [2.45, 2.75) is 45.6 Å².